The van der Waals surface area contributed by atoms with Crippen LogP contribution in [-0.2, 0) is 9.59 Å². The number of nitrogens with one attached hydrogen (secondary N) is 1. The van der Waals surface area contributed by atoms with Crippen LogP contribution in [0.2, 0.25) is 5.02 Å². The average Bonchev–Trinajstić information content (AvgIpc) is 3.29. The van der Waals surface area contributed by atoms with Crippen LogP contribution in [0.3, 0.4) is 0 Å². The Bertz CT molecular complexity index is 1060. The van der Waals surface area contributed by atoms with E-state index in [1.54, 1.807) is 11.0 Å². The number of anilines is 2. The highest BCUT2D eigenvalue weighted by Crippen LogP contribution is 2.33. The molecule has 0 radical (unpaired) electrons. The van der Waals surface area contributed by atoms with E-state index < -0.39 is 5.92 Å². The minimum absolute atomic E-state index is 0.0823. The molecule has 2 aromatic carbocycles. The van der Waals surface area contributed by atoms with Crippen LogP contribution in [-0.4, -0.2) is 28.6 Å². The predicted octanol–water partition coefficient (Wildman–Crippen LogP) is 4.61. The number of amides is 2. The molecule has 1 aliphatic rings. The minimum atomic E-state index is -0.452. The van der Waals surface area contributed by atoms with Gasteiger partial charge in [0.1, 0.15) is 0 Å². The summed E-state index contributed by atoms with van der Waals surface area (Å²) in [5, 5.41) is 12.5. The number of rotatable bonds is 4. The molecule has 0 aliphatic carbocycles. The Morgan fingerprint density at radius 1 is 1.18 bits per heavy atom. The van der Waals surface area contributed by atoms with Gasteiger partial charge in [-0.05, 0) is 34.1 Å². The van der Waals surface area contributed by atoms with Crippen molar-refractivity contribution in [3.8, 4) is 10.6 Å². The zero-order chi connectivity index (χ0) is 19.7. The first-order valence-electron chi connectivity index (χ1n) is 8.47. The van der Waals surface area contributed by atoms with E-state index in [1.165, 1.54) is 11.3 Å². The standard InChI is InChI=1S/C19H14BrClN4O2S/c20-13-6-2-4-8-15(13)25-10-11(9-16(25)26)17(27)22-19-24-23-18(28-19)12-5-1-3-7-14(12)21/h1-8,11H,9-10H2,(H,22,24,27). The van der Waals surface area contributed by atoms with E-state index in [0.29, 0.717) is 21.7 Å². The van der Waals surface area contributed by atoms with Gasteiger partial charge in [0.05, 0.1) is 16.6 Å². The largest absolute Gasteiger partial charge is 0.310 e. The first-order valence-corrected chi connectivity index (χ1v) is 10.5. The third-order valence-corrected chi connectivity index (χ3v) is 6.27. The number of hydrogen-bond acceptors (Lipinski definition) is 5. The van der Waals surface area contributed by atoms with E-state index in [1.807, 2.05) is 42.5 Å². The summed E-state index contributed by atoms with van der Waals surface area (Å²) in [6.07, 6.45) is 0.156. The van der Waals surface area contributed by atoms with Gasteiger partial charge in [0, 0.05) is 23.0 Å². The van der Waals surface area contributed by atoms with Crippen molar-refractivity contribution in [1.29, 1.82) is 0 Å². The van der Waals surface area contributed by atoms with Crippen molar-refractivity contribution in [3.05, 3.63) is 58.0 Å². The van der Waals surface area contributed by atoms with Gasteiger partial charge in [0.2, 0.25) is 16.9 Å². The van der Waals surface area contributed by atoms with Crippen molar-refractivity contribution in [2.24, 2.45) is 5.92 Å². The van der Waals surface area contributed by atoms with Crippen molar-refractivity contribution in [2.45, 2.75) is 6.42 Å². The van der Waals surface area contributed by atoms with Gasteiger partial charge in [-0.2, -0.15) is 0 Å². The molecule has 3 aromatic rings. The first kappa shape index (κ1) is 19.0. The van der Waals surface area contributed by atoms with Gasteiger partial charge in [-0.15, -0.1) is 10.2 Å². The third kappa shape index (κ3) is 3.80. The molecule has 28 heavy (non-hydrogen) atoms. The maximum absolute atomic E-state index is 12.6. The quantitative estimate of drug-likeness (QED) is 0.595. The van der Waals surface area contributed by atoms with Crippen molar-refractivity contribution < 1.29 is 9.59 Å². The Morgan fingerprint density at radius 3 is 2.71 bits per heavy atom. The van der Waals surface area contributed by atoms with Gasteiger partial charge >= 0.3 is 0 Å². The molecule has 1 N–H and O–H groups in total. The fourth-order valence-electron chi connectivity index (χ4n) is 3.01. The molecule has 2 heterocycles. The minimum Gasteiger partial charge on any atom is -0.310 e. The second kappa shape index (κ2) is 7.98. The van der Waals surface area contributed by atoms with Crippen molar-refractivity contribution in [3.63, 3.8) is 0 Å². The molecule has 0 spiro atoms. The van der Waals surface area contributed by atoms with E-state index in [0.717, 1.165) is 15.7 Å². The van der Waals surface area contributed by atoms with Gasteiger partial charge < -0.3 is 10.2 Å². The monoisotopic (exact) mass is 476 g/mol. The lowest BCUT2D eigenvalue weighted by atomic mass is 10.1. The van der Waals surface area contributed by atoms with Crippen molar-refractivity contribution in [1.82, 2.24) is 10.2 Å². The van der Waals surface area contributed by atoms with Crippen LogP contribution >= 0.6 is 38.9 Å². The van der Waals surface area contributed by atoms with Crippen molar-refractivity contribution >= 4 is 61.5 Å². The molecule has 1 fully saturated rings. The number of carbonyl (C=O) groups is 2. The van der Waals surface area contributed by atoms with E-state index in [9.17, 15) is 9.59 Å². The van der Waals surface area contributed by atoms with Gasteiger partial charge in [-0.25, -0.2) is 0 Å². The Balaban J connectivity index is 1.46. The fraction of sp³-hybridized carbons (Fsp3) is 0.158. The molecule has 1 aliphatic heterocycles. The molecular weight excluding hydrogens is 464 g/mol. The van der Waals surface area contributed by atoms with Crippen LogP contribution in [0.4, 0.5) is 10.8 Å². The first-order chi connectivity index (χ1) is 13.5. The zero-order valence-corrected chi connectivity index (χ0v) is 17.6. The lowest BCUT2D eigenvalue weighted by Crippen LogP contribution is -2.28. The van der Waals surface area contributed by atoms with Crippen LogP contribution in [0.5, 0.6) is 0 Å². The number of nitrogens with zero attached hydrogens (tertiary/aromatic N) is 3. The number of hydrogen-bond donors (Lipinski definition) is 1. The Morgan fingerprint density at radius 2 is 1.93 bits per heavy atom. The summed E-state index contributed by atoms with van der Waals surface area (Å²) < 4.78 is 0.818. The van der Waals surface area contributed by atoms with Crippen LogP contribution < -0.4 is 10.2 Å². The predicted molar refractivity (Wildman–Crippen MR) is 114 cm³/mol. The molecule has 1 aromatic heterocycles. The molecule has 9 heteroatoms. The normalized spacial score (nSPS) is 16.4. The van der Waals surface area contributed by atoms with Crippen LogP contribution in [0.15, 0.2) is 53.0 Å². The summed E-state index contributed by atoms with van der Waals surface area (Å²) in [7, 11) is 0. The maximum atomic E-state index is 12.6. The topological polar surface area (TPSA) is 75.2 Å². The number of halogens is 2. The smallest absolute Gasteiger partial charge is 0.231 e. The van der Waals surface area contributed by atoms with Crippen LogP contribution in [0.1, 0.15) is 6.42 Å². The van der Waals surface area contributed by atoms with E-state index in [4.69, 9.17) is 11.6 Å². The van der Waals surface area contributed by atoms with E-state index in [2.05, 4.69) is 31.4 Å². The molecule has 0 bridgehead atoms. The average molecular weight is 478 g/mol. The highest BCUT2D eigenvalue weighted by atomic mass is 79.9. The summed E-state index contributed by atoms with van der Waals surface area (Å²) in [5.41, 5.74) is 1.53. The zero-order valence-electron chi connectivity index (χ0n) is 14.4. The molecular formula is C19H14BrClN4O2S. The fourth-order valence-corrected chi connectivity index (χ4v) is 4.58. The molecule has 1 atom stereocenters. The van der Waals surface area contributed by atoms with Gasteiger partial charge in [0.25, 0.3) is 0 Å². The van der Waals surface area contributed by atoms with Crippen molar-refractivity contribution in [2.75, 3.05) is 16.8 Å². The molecule has 1 saturated heterocycles. The number of para-hydroxylation sites is 1. The third-order valence-electron chi connectivity index (χ3n) is 4.40. The molecule has 2 amide bonds. The molecule has 142 valence electrons. The van der Waals surface area contributed by atoms with E-state index in [-0.39, 0.29) is 18.2 Å². The summed E-state index contributed by atoms with van der Waals surface area (Å²) in [4.78, 5) is 26.7. The maximum Gasteiger partial charge on any atom is 0.231 e. The summed E-state index contributed by atoms with van der Waals surface area (Å²) in [6, 6.07) is 14.8. The molecule has 6 nitrogen and oxygen atoms in total. The SMILES string of the molecule is O=C(Nc1nnc(-c2ccccc2Cl)s1)C1CC(=O)N(c2ccccc2Br)C1. The molecule has 0 saturated carbocycles. The van der Waals surface area contributed by atoms with Crippen LogP contribution in [0, 0.1) is 5.92 Å². The Hall–Kier alpha value is -2.29. The summed E-state index contributed by atoms with van der Waals surface area (Å²) >= 11 is 10.9. The lowest BCUT2D eigenvalue weighted by Gasteiger charge is -2.18. The summed E-state index contributed by atoms with van der Waals surface area (Å²) in [5.74, 6) is -0.780. The number of carbonyl (C=O) groups excluding carboxylic acids is 2. The number of aromatic nitrogens is 2. The lowest BCUT2D eigenvalue weighted by molar-refractivity contribution is -0.122. The van der Waals surface area contributed by atoms with Gasteiger partial charge in [-0.3, -0.25) is 9.59 Å². The van der Waals surface area contributed by atoms with E-state index >= 15 is 0 Å². The molecule has 1 unspecified atom stereocenters. The van der Waals surface area contributed by atoms with Crippen LogP contribution in [0.25, 0.3) is 10.6 Å². The Kier molecular flexibility index (Phi) is 5.43. The second-order valence-corrected chi connectivity index (χ2v) is 8.48. The molecule has 4 rings (SSSR count). The Labute approximate surface area is 178 Å². The highest BCUT2D eigenvalue weighted by molar-refractivity contribution is 9.10. The van der Waals surface area contributed by atoms with Gasteiger partial charge in [-0.1, -0.05) is 53.3 Å². The van der Waals surface area contributed by atoms with Gasteiger partial charge in [0.15, 0.2) is 5.01 Å². The second-order valence-electron chi connectivity index (χ2n) is 6.24. The highest BCUT2D eigenvalue weighted by Gasteiger charge is 2.36. The number of benzene rings is 2. The summed E-state index contributed by atoms with van der Waals surface area (Å²) in [6.45, 7) is 0.323.